The summed E-state index contributed by atoms with van der Waals surface area (Å²) in [5.41, 5.74) is 1.04. The lowest BCUT2D eigenvalue weighted by atomic mass is 10.2. The predicted octanol–water partition coefficient (Wildman–Crippen LogP) is 2.77. The lowest BCUT2D eigenvalue weighted by Crippen LogP contribution is -2.15. The normalized spacial score (nSPS) is 10.3. The fourth-order valence-corrected chi connectivity index (χ4v) is 1.76. The van der Waals surface area contributed by atoms with E-state index >= 15 is 0 Å². The second-order valence-electron chi connectivity index (χ2n) is 3.96. The molecule has 0 aliphatic heterocycles. The van der Waals surface area contributed by atoms with Crippen LogP contribution in [0.15, 0.2) is 30.9 Å². The van der Waals surface area contributed by atoms with Gasteiger partial charge in [-0.3, -0.25) is 0 Å². The van der Waals surface area contributed by atoms with Gasteiger partial charge in [0.05, 0.1) is 0 Å². The lowest BCUT2D eigenvalue weighted by molar-refractivity contribution is 0.283. The summed E-state index contributed by atoms with van der Waals surface area (Å²) in [6, 6.07) is 5.59. The second-order valence-corrected chi connectivity index (χ2v) is 4.40. The number of benzene rings is 1. The molecule has 0 saturated carbocycles. The standard InChI is InChI=1S/C14H20ClNO2/c1-2-9-18-14-6-5-13(15)10-12(14)11-16-7-3-4-8-17/h2,5-6,10,16-17H,1,3-4,7-9,11H2. The summed E-state index contributed by atoms with van der Waals surface area (Å²) in [6.45, 7) is 5.93. The number of rotatable bonds is 9. The van der Waals surface area contributed by atoms with Gasteiger partial charge in [-0.05, 0) is 37.6 Å². The number of unbranched alkanes of at least 4 members (excludes halogenated alkanes) is 1. The maximum absolute atomic E-state index is 8.69. The maximum Gasteiger partial charge on any atom is 0.124 e. The van der Waals surface area contributed by atoms with E-state index in [1.54, 1.807) is 6.08 Å². The maximum atomic E-state index is 8.69. The molecule has 3 nitrogen and oxygen atoms in total. The monoisotopic (exact) mass is 269 g/mol. The third-order valence-corrected chi connectivity index (χ3v) is 2.69. The van der Waals surface area contributed by atoms with Crippen molar-refractivity contribution in [2.75, 3.05) is 19.8 Å². The van der Waals surface area contributed by atoms with Crippen LogP contribution in [-0.4, -0.2) is 24.9 Å². The molecule has 4 heteroatoms. The number of aliphatic hydroxyl groups is 1. The van der Waals surface area contributed by atoms with Crippen molar-refractivity contribution in [2.45, 2.75) is 19.4 Å². The Bertz CT molecular complexity index is 369. The van der Waals surface area contributed by atoms with Crippen LogP contribution < -0.4 is 10.1 Å². The summed E-state index contributed by atoms with van der Waals surface area (Å²) >= 11 is 5.98. The highest BCUT2D eigenvalue weighted by atomic mass is 35.5. The van der Waals surface area contributed by atoms with E-state index in [1.165, 1.54) is 0 Å². The molecule has 0 aliphatic rings. The summed E-state index contributed by atoms with van der Waals surface area (Å²) in [4.78, 5) is 0. The minimum atomic E-state index is 0.243. The van der Waals surface area contributed by atoms with Gasteiger partial charge in [0.15, 0.2) is 0 Å². The molecule has 18 heavy (non-hydrogen) atoms. The molecule has 1 aromatic rings. The second kappa shape index (κ2) is 8.97. The molecular formula is C14H20ClNO2. The molecule has 0 radical (unpaired) electrons. The summed E-state index contributed by atoms with van der Waals surface area (Å²) in [5.74, 6) is 0.828. The Labute approximate surface area is 113 Å². The molecule has 0 heterocycles. The van der Waals surface area contributed by atoms with Gasteiger partial charge in [-0.2, -0.15) is 0 Å². The van der Waals surface area contributed by atoms with Gasteiger partial charge in [-0.15, -0.1) is 0 Å². The van der Waals surface area contributed by atoms with Crippen molar-refractivity contribution in [3.8, 4) is 5.75 Å². The van der Waals surface area contributed by atoms with E-state index in [0.717, 1.165) is 30.7 Å². The number of aliphatic hydroxyl groups excluding tert-OH is 1. The molecule has 100 valence electrons. The zero-order chi connectivity index (χ0) is 13.2. The van der Waals surface area contributed by atoms with E-state index in [-0.39, 0.29) is 6.61 Å². The van der Waals surface area contributed by atoms with E-state index in [4.69, 9.17) is 21.4 Å². The van der Waals surface area contributed by atoms with E-state index in [9.17, 15) is 0 Å². The molecule has 2 N–H and O–H groups in total. The van der Waals surface area contributed by atoms with Gasteiger partial charge < -0.3 is 15.2 Å². The molecule has 1 rings (SSSR count). The van der Waals surface area contributed by atoms with Crippen LogP contribution >= 0.6 is 11.6 Å². The molecule has 1 aromatic carbocycles. The van der Waals surface area contributed by atoms with Crippen molar-refractivity contribution in [1.29, 1.82) is 0 Å². The lowest BCUT2D eigenvalue weighted by Gasteiger charge is -2.11. The van der Waals surface area contributed by atoms with E-state index < -0.39 is 0 Å². The van der Waals surface area contributed by atoms with Gasteiger partial charge in [-0.1, -0.05) is 24.3 Å². The smallest absolute Gasteiger partial charge is 0.124 e. The predicted molar refractivity (Wildman–Crippen MR) is 75.2 cm³/mol. The first-order valence-corrected chi connectivity index (χ1v) is 6.49. The first-order chi connectivity index (χ1) is 8.77. The van der Waals surface area contributed by atoms with Gasteiger partial charge in [0, 0.05) is 23.7 Å². The van der Waals surface area contributed by atoms with E-state index in [1.807, 2.05) is 18.2 Å². The number of nitrogens with one attached hydrogen (secondary N) is 1. The Balaban J connectivity index is 2.50. The Morgan fingerprint density at radius 3 is 2.94 bits per heavy atom. The summed E-state index contributed by atoms with van der Waals surface area (Å²) in [5, 5.41) is 12.7. The fraction of sp³-hybridized carbons (Fsp3) is 0.429. The highest BCUT2D eigenvalue weighted by Gasteiger charge is 2.04. The highest BCUT2D eigenvalue weighted by molar-refractivity contribution is 6.30. The third-order valence-electron chi connectivity index (χ3n) is 2.46. The molecule has 0 aromatic heterocycles. The van der Waals surface area contributed by atoms with Crippen LogP contribution in [0.25, 0.3) is 0 Å². The summed E-state index contributed by atoms with van der Waals surface area (Å²) in [7, 11) is 0. The first-order valence-electron chi connectivity index (χ1n) is 6.11. The van der Waals surface area contributed by atoms with Crippen molar-refractivity contribution in [2.24, 2.45) is 0 Å². The van der Waals surface area contributed by atoms with Gasteiger partial charge >= 0.3 is 0 Å². The number of halogens is 1. The largest absolute Gasteiger partial charge is 0.489 e. The van der Waals surface area contributed by atoms with Crippen molar-refractivity contribution in [3.05, 3.63) is 41.4 Å². The summed E-state index contributed by atoms with van der Waals surface area (Å²) < 4.78 is 5.56. The zero-order valence-electron chi connectivity index (χ0n) is 10.5. The minimum absolute atomic E-state index is 0.243. The molecular weight excluding hydrogens is 250 g/mol. The quantitative estimate of drug-likeness (QED) is 0.535. The van der Waals surface area contributed by atoms with E-state index in [2.05, 4.69) is 11.9 Å². The number of ether oxygens (including phenoxy) is 1. The van der Waals surface area contributed by atoms with Crippen LogP contribution in [0, 0.1) is 0 Å². The van der Waals surface area contributed by atoms with Crippen LogP contribution in [-0.2, 0) is 6.54 Å². The van der Waals surface area contributed by atoms with Crippen molar-refractivity contribution in [3.63, 3.8) is 0 Å². The number of hydrogen-bond acceptors (Lipinski definition) is 3. The Morgan fingerprint density at radius 1 is 1.39 bits per heavy atom. The van der Waals surface area contributed by atoms with Crippen molar-refractivity contribution < 1.29 is 9.84 Å². The van der Waals surface area contributed by atoms with Crippen LogP contribution in [0.5, 0.6) is 5.75 Å². The number of hydrogen-bond donors (Lipinski definition) is 2. The molecule has 0 spiro atoms. The molecule has 0 fully saturated rings. The van der Waals surface area contributed by atoms with Crippen LogP contribution in [0.2, 0.25) is 5.02 Å². The van der Waals surface area contributed by atoms with Gasteiger partial charge in [0.25, 0.3) is 0 Å². The average molecular weight is 270 g/mol. The summed E-state index contributed by atoms with van der Waals surface area (Å²) in [6.07, 6.45) is 3.50. The third kappa shape index (κ3) is 5.54. The minimum Gasteiger partial charge on any atom is -0.489 e. The topological polar surface area (TPSA) is 41.5 Å². The average Bonchev–Trinajstić information content (AvgIpc) is 2.37. The molecule has 0 aliphatic carbocycles. The molecule has 0 unspecified atom stereocenters. The van der Waals surface area contributed by atoms with Crippen LogP contribution in [0.3, 0.4) is 0 Å². The van der Waals surface area contributed by atoms with E-state index in [0.29, 0.717) is 18.2 Å². The molecule has 0 atom stereocenters. The molecule has 0 bridgehead atoms. The Hall–Kier alpha value is -1.03. The molecule has 0 saturated heterocycles. The van der Waals surface area contributed by atoms with Gasteiger partial charge in [0.2, 0.25) is 0 Å². The van der Waals surface area contributed by atoms with Crippen LogP contribution in [0.1, 0.15) is 18.4 Å². The fourth-order valence-electron chi connectivity index (χ4n) is 1.56. The Kier molecular flexibility index (Phi) is 7.49. The highest BCUT2D eigenvalue weighted by Crippen LogP contribution is 2.22. The zero-order valence-corrected chi connectivity index (χ0v) is 11.2. The van der Waals surface area contributed by atoms with Crippen LogP contribution in [0.4, 0.5) is 0 Å². The molecule has 0 amide bonds. The van der Waals surface area contributed by atoms with Gasteiger partial charge in [-0.25, -0.2) is 0 Å². The first kappa shape index (κ1) is 15.0. The van der Waals surface area contributed by atoms with Gasteiger partial charge in [0.1, 0.15) is 12.4 Å². The van der Waals surface area contributed by atoms with Crippen molar-refractivity contribution in [1.82, 2.24) is 5.32 Å². The van der Waals surface area contributed by atoms with Crippen molar-refractivity contribution >= 4 is 11.6 Å². The SMILES string of the molecule is C=CCOc1ccc(Cl)cc1CNCCCCO. The Morgan fingerprint density at radius 2 is 2.22 bits per heavy atom.